The van der Waals surface area contributed by atoms with Crippen LogP contribution in [0.4, 0.5) is 0 Å². The normalized spacial score (nSPS) is 10.9. The van der Waals surface area contributed by atoms with Crippen LogP contribution in [0, 0.1) is 0 Å². The Hall–Kier alpha value is -2.33. The molecule has 3 aromatic rings. The largest absolute Gasteiger partial charge is 0.496 e. The summed E-state index contributed by atoms with van der Waals surface area (Å²) in [6.45, 7) is 0.510. The number of aromatic nitrogens is 2. The van der Waals surface area contributed by atoms with Gasteiger partial charge >= 0.3 is 0 Å². The highest BCUT2D eigenvalue weighted by Crippen LogP contribution is 2.31. The molecule has 1 aromatic carbocycles. The van der Waals surface area contributed by atoms with Gasteiger partial charge in [0.15, 0.2) is 0 Å². The van der Waals surface area contributed by atoms with Crippen molar-refractivity contribution in [2.45, 2.75) is 6.54 Å². The number of rotatable bonds is 3. The smallest absolute Gasteiger partial charge is 0.128 e. The molecule has 2 aromatic heterocycles. The zero-order chi connectivity index (χ0) is 14.1. The summed E-state index contributed by atoms with van der Waals surface area (Å²) in [5.74, 6) is 0.878. The molecule has 0 aliphatic heterocycles. The van der Waals surface area contributed by atoms with Crippen LogP contribution >= 0.6 is 0 Å². The van der Waals surface area contributed by atoms with Gasteiger partial charge in [0, 0.05) is 25.2 Å². The Morgan fingerprint density at radius 3 is 2.75 bits per heavy atom. The van der Waals surface area contributed by atoms with Crippen molar-refractivity contribution in [2.24, 2.45) is 12.8 Å². The molecule has 0 spiro atoms. The number of methoxy groups -OCH3 is 1. The summed E-state index contributed by atoms with van der Waals surface area (Å²) in [5, 5.41) is 1.09. The zero-order valence-corrected chi connectivity index (χ0v) is 11.6. The van der Waals surface area contributed by atoms with Crippen molar-refractivity contribution in [1.82, 2.24) is 9.55 Å². The summed E-state index contributed by atoms with van der Waals surface area (Å²) in [4.78, 5) is 4.49. The van der Waals surface area contributed by atoms with E-state index in [0.29, 0.717) is 6.54 Å². The monoisotopic (exact) mass is 267 g/mol. The van der Waals surface area contributed by atoms with Crippen molar-refractivity contribution < 1.29 is 4.74 Å². The van der Waals surface area contributed by atoms with Crippen LogP contribution in [0.1, 0.15) is 5.56 Å². The van der Waals surface area contributed by atoms with Crippen molar-refractivity contribution in [1.29, 1.82) is 0 Å². The van der Waals surface area contributed by atoms with Crippen LogP contribution in [0.15, 0.2) is 42.6 Å². The third kappa shape index (κ3) is 1.94. The van der Waals surface area contributed by atoms with E-state index in [2.05, 4.69) is 21.7 Å². The Morgan fingerprint density at radius 1 is 1.25 bits per heavy atom. The first-order valence-corrected chi connectivity index (χ1v) is 6.52. The molecule has 4 heteroatoms. The van der Waals surface area contributed by atoms with E-state index in [1.807, 2.05) is 37.5 Å². The second kappa shape index (κ2) is 4.98. The maximum Gasteiger partial charge on any atom is 0.128 e. The van der Waals surface area contributed by atoms with Gasteiger partial charge < -0.3 is 15.0 Å². The summed E-state index contributed by atoms with van der Waals surface area (Å²) in [6, 6.07) is 12.2. The Bertz CT molecular complexity index is 744. The molecule has 2 N–H and O–H groups in total. The van der Waals surface area contributed by atoms with Gasteiger partial charge in [-0.2, -0.15) is 0 Å². The summed E-state index contributed by atoms with van der Waals surface area (Å²) in [6.07, 6.45) is 1.82. The van der Waals surface area contributed by atoms with E-state index in [1.165, 1.54) is 0 Å². The summed E-state index contributed by atoms with van der Waals surface area (Å²) in [7, 11) is 3.73. The van der Waals surface area contributed by atoms with E-state index in [-0.39, 0.29) is 0 Å². The van der Waals surface area contributed by atoms with Gasteiger partial charge in [0.05, 0.1) is 24.0 Å². The van der Waals surface area contributed by atoms with Crippen LogP contribution in [0.3, 0.4) is 0 Å². The van der Waals surface area contributed by atoms with E-state index >= 15 is 0 Å². The molecule has 0 aliphatic rings. The molecule has 0 amide bonds. The number of nitrogens with two attached hydrogens (primary N) is 1. The van der Waals surface area contributed by atoms with Crippen LogP contribution < -0.4 is 10.5 Å². The molecule has 0 saturated heterocycles. The predicted molar refractivity (Wildman–Crippen MR) is 80.6 cm³/mol. The van der Waals surface area contributed by atoms with Gasteiger partial charge in [-0.1, -0.05) is 12.1 Å². The third-order valence-electron chi connectivity index (χ3n) is 3.59. The van der Waals surface area contributed by atoms with Crippen LogP contribution in [0.5, 0.6) is 5.75 Å². The first-order chi connectivity index (χ1) is 9.74. The van der Waals surface area contributed by atoms with E-state index in [1.54, 1.807) is 7.11 Å². The maximum absolute atomic E-state index is 5.61. The Labute approximate surface area is 117 Å². The second-order valence-electron chi connectivity index (χ2n) is 4.74. The first-order valence-electron chi connectivity index (χ1n) is 6.52. The molecule has 0 aliphatic carbocycles. The van der Waals surface area contributed by atoms with E-state index in [4.69, 9.17) is 10.5 Å². The second-order valence-corrected chi connectivity index (χ2v) is 4.74. The third-order valence-corrected chi connectivity index (χ3v) is 3.59. The van der Waals surface area contributed by atoms with E-state index < -0.39 is 0 Å². The van der Waals surface area contributed by atoms with Crippen molar-refractivity contribution in [3.8, 4) is 17.1 Å². The number of fused-ring (bicyclic) bond motifs is 1. The Morgan fingerprint density at radius 2 is 2.10 bits per heavy atom. The lowest BCUT2D eigenvalue weighted by Crippen LogP contribution is -1.98. The lowest BCUT2D eigenvalue weighted by atomic mass is 10.2. The molecular formula is C16H17N3O. The van der Waals surface area contributed by atoms with Crippen molar-refractivity contribution in [3.05, 3.63) is 48.2 Å². The lowest BCUT2D eigenvalue weighted by molar-refractivity contribution is 0.420. The van der Waals surface area contributed by atoms with Gasteiger partial charge in [-0.05, 0) is 29.8 Å². The molecule has 0 fully saturated rings. The van der Waals surface area contributed by atoms with Gasteiger partial charge in [-0.25, -0.2) is 0 Å². The first kappa shape index (κ1) is 12.7. The van der Waals surface area contributed by atoms with Crippen LogP contribution in [0.2, 0.25) is 0 Å². The van der Waals surface area contributed by atoms with Gasteiger partial charge in [0.25, 0.3) is 0 Å². The molecule has 4 nitrogen and oxygen atoms in total. The number of nitrogens with zero attached hydrogens (tertiary/aromatic N) is 2. The summed E-state index contributed by atoms with van der Waals surface area (Å²) < 4.78 is 7.55. The average molecular weight is 267 g/mol. The number of hydrogen-bond donors (Lipinski definition) is 1. The van der Waals surface area contributed by atoms with Crippen molar-refractivity contribution in [2.75, 3.05) is 7.11 Å². The standard InChI is InChI=1S/C16H17N3O/c1-19-14-4-3-5-16(20-2)12(14)8-15(19)13-7-6-11(9-17)10-18-13/h3-8,10H,9,17H2,1-2H3. The Balaban J connectivity index is 2.18. The zero-order valence-electron chi connectivity index (χ0n) is 11.6. The molecule has 0 atom stereocenters. The fourth-order valence-electron chi connectivity index (χ4n) is 2.45. The molecule has 0 unspecified atom stereocenters. The quantitative estimate of drug-likeness (QED) is 0.793. The number of ether oxygens (including phenoxy) is 1. The van der Waals surface area contributed by atoms with Crippen molar-refractivity contribution >= 4 is 10.9 Å². The molecule has 102 valence electrons. The fraction of sp³-hybridized carbons (Fsp3) is 0.188. The van der Waals surface area contributed by atoms with E-state index in [0.717, 1.165) is 33.6 Å². The number of benzene rings is 1. The fourth-order valence-corrected chi connectivity index (χ4v) is 2.45. The van der Waals surface area contributed by atoms with Gasteiger partial charge in [0.1, 0.15) is 5.75 Å². The maximum atomic E-state index is 5.61. The van der Waals surface area contributed by atoms with Crippen LogP contribution in [-0.2, 0) is 13.6 Å². The lowest BCUT2D eigenvalue weighted by Gasteiger charge is -2.05. The van der Waals surface area contributed by atoms with E-state index in [9.17, 15) is 0 Å². The molecule has 0 bridgehead atoms. The van der Waals surface area contributed by atoms with Gasteiger partial charge in [-0.15, -0.1) is 0 Å². The highest BCUT2D eigenvalue weighted by Gasteiger charge is 2.11. The molecule has 20 heavy (non-hydrogen) atoms. The molecule has 0 saturated carbocycles. The topological polar surface area (TPSA) is 53.1 Å². The molecule has 2 heterocycles. The minimum atomic E-state index is 0.510. The SMILES string of the molecule is COc1cccc2c1cc(-c1ccc(CN)cn1)n2C. The summed E-state index contributed by atoms with van der Waals surface area (Å²) in [5.41, 5.74) is 9.76. The number of aryl methyl sites for hydroxylation is 1. The van der Waals surface area contributed by atoms with Gasteiger partial charge in [-0.3, -0.25) is 4.98 Å². The molecule has 0 radical (unpaired) electrons. The highest BCUT2D eigenvalue weighted by atomic mass is 16.5. The number of pyridine rings is 1. The molecular weight excluding hydrogens is 250 g/mol. The van der Waals surface area contributed by atoms with Crippen molar-refractivity contribution in [3.63, 3.8) is 0 Å². The summed E-state index contributed by atoms with van der Waals surface area (Å²) >= 11 is 0. The van der Waals surface area contributed by atoms with Crippen LogP contribution in [0.25, 0.3) is 22.3 Å². The predicted octanol–water partition coefficient (Wildman–Crippen LogP) is 2.71. The highest BCUT2D eigenvalue weighted by molar-refractivity contribution is 5.91. The minimum Gasteiger partial charge on any atom is -0.496 e. The number of hydrogen-bond acceptors (Lipinski definition) is 3. The Kier molecular flexibility index (Phi) is 3.16. The minimum absolute atomic E-state index is 0.510. The van der Waals surface area contributed by atoms with Gasteiger partial charge in [0.2, 0.25) is 0 Å². The average Bonchev–Trinajstić information content (AvgIpc) is 2.85. The molecule has 3 rings (SSSR count). The van der Waals surface area contributed by atoms with Crippen LogP contribution in [-0.4, -0.2) is 16.7 Å².